The number of amides is 2. The van der Waals surface area contributed by atoms with Crippen molar-refractivity contribution >= 4 is 12.0 Å². The number of carbonyl (C=O) groups is 2. The zero-order valence-electron chi connectivity index (χ0n) is 10.7. The molecule has 1 heterocycles. The third-order valence-electron chi connectivity index (χ3n) is 6.57. The number of nitrogens with one attached hydrogen (secondary N) is 1. The van der Waals surface area contributed by atoms with E-state index in [4.69, 9.17) is 5.11 Å². The van der Waals surface area contributed by atoms with Gasteiger partial charge in [-0.05, 0) is 49.4 Å². The van der Waals surface area contributed by atoms with Crippen molar-refractivity contribution in [2.45, 2.75) is 37.8 Å². The summed E-state index contributed by atoms with van der Waals surface area (Å²) in [5.74, 6) is 1.97. The predicted molar refractivity (Wildman–Crippen MR) is 65.3 cm³/mol. The molecule has 5 rings (SSSR count). The summed E-state index contributed by atoms with van der Waals surface area (Å²) in [4.78, 5) is 25.4. The zero-order valence-corrected chi connectivity index (χ0v) is 10.7. The van der Waals surface area contributed by atoms with E-state index in [0.29, 0.717) is 12.5 Å². The lowest BCUT2D eigenvalue weighted by Gasteiger charge is -2.35. The molecule has 1 aliphatic heterocycles. The number of hydrogen-bond donors (Lipinski definition) is 2. The summed E-state index contributed by atoms with van der Waals surface area (Å²) in [6, 6.07) is 0.657. The number of rotatable bonds is 2. The Labute approximate surface area is 111 Å². The standard InChI is InChI=1S/C14H18N2O3/c17-12(18)14-3-9(14)10(4-14)15-13(19)16-5-6-1-11(16)8-2-7(6)8/h6-11H,1-5H2,(H,15,19)(H,17,18)/t6-,7-,8-,9-,10+,11-,14-/m0/s1. The Morgan fingerprint density at radius 3 is 2.63 bits per heavy atom. The number of fused-ring (bicyclic) bond motifs is 6. The fraction of sp³-hybridized carbons (Fsp3) is 0.857. The molecule has 0 aromatic rings. The smallest absolute Gasteiger partial charge is 0.317 e. The average Bonchev–Trinajstić information content (AvgIpc) is 3.19. The van der Waals surface area contributed by atoms with Gasteiger partial charge in [0.1, 0.15) is 0 Å². The van der Waals surface area contributed by atoms with Crippen molar-refractivity contribution in [2.24, 2.45) is 29.1 Å². The molecular weight excluding hydrogens is 244 g/mol. The van der Waals surface area contributed by atoms with E-state index in [0.717, 1.165) is 30.7 Å². The lowest BCUT2D eigenvalue weighted by atomic mass is 9.80. The number of nitrogens with zero attached hydrogens (tertiary/aromatic N) is 1. The second kappa shape index (κ2) is 2.91. The second-order valence-electron chi connectivity index (χ2n) is 7.31. The van der Waals surface area contributed by atoms with Gasteiger partial charge in [0.25, 0.3) is 0 Å². The first-order valence-electron chi connectivity index (χ1n) is 7.41. The third kappa shape index (κ3) is 1.13. The van der Waals surface area contributed by atoms with Gasteiger partial charge in [-0.25, -0.2) is 4.79 Å². The van der Waals surface area contributed by atoms with Gasteiger partial charge in [-0.2, -0.15) is 0 Å². The van der Waals surface area contributed by atoms with Crippen LogP contribution in [0.25, 0.3) is 0 Å². The van der Waals surface area contributed by atoms with Crippen LogP contribution in [0, 0.1) is 29.1 Å². The maximum atomic E-state index is 12.3. The molecule has 0 unspecified atom stereocenters. The summed E-state index contributed by atoms with van der Waals surface area (Å²) >= 11 is 0. The van der Waals surface area contributed by atoms with Crippen molar-refractivity contribution in [1.82, 2.24) is 10.2 Å². The van der Waals surface area contributed by atoms with E-state index in [1.807, 2.05) is 4.90 Å². The molecule has 0 aromatic heterocycles. The third-order valence-corrected chi connectivity index (χ3v) is 6.57. The minimum Gasteiger partial charge on any atom is -0.481 e. The molecule has 0 spiro atoms. The molecule has 2 amide bonds. The maximum absolute atomic E-state index is 12.3. The largest absolute Gasteiger partial charge is 0.481 e. The van der Waals surface area contributed by atoms with E-state index in [-0.39, 0.29) is 18.0 Å². The summed E-state index contributed by atoms with van der Waals surface area (Å²) < 4.78 is 0. The van der Waals surface area contributed by atoms with Crippen LogP contribution in [-0.2, 0) is 4.79 Å². The van der Waals surface area contributed by atoms with E-state index in [2.05, 4.69) is 5.32 Å². The molecule has 0 radical (unpaired) electrons. The Morgan fingerprint density at radius 2 is 2.05 bits per heavy atom. The molecule has 2 bridgehead atoms. The van der Waals surface area contributed by atoms with Crippen LogP contribution in [0.5, 0.6) is 0 Å². The van der Waals surface area contributed by atoms with Crippen molar-refractivity contribution in [1.29, 1.82) is 0 Å². The lowest BCUT2D eigenvalue weighted by Crippen LogP contribution is -2.54. The molecular formula is C14H18N2O3. The Hall–Kier alpha value is -1.26. The van der Waals surface area contributed by atoms with Gasteiger partial charge in [-0.3, -0.25) is 4.79 Å². The van der Waals surface area contributed by atoms with Crippen LogP contribution >= 0.6 is 0 Å². The molecule has 5 fully saturated rings. The van der Waals surface area contributed by atoms with Crippen molar-refractivity contribution in [3.63, 3.8) is 0 Å². The predicted octanol–water partition coefficient (Wildman–Crippen LogP) is 0.899. The molecule has 5 aliphatic rings. The summed E-state index contributed by atoms with van der Waals surface area (Å²) in [7, 11) is 0. The number of likely N-dealkylation sites (tertiary alicyclic amines) is 1. The number of carbonyl (C=O) groups excluding carboxylic acids is 1. The van der Waals surface area contributed by atoms with Crippen LogP contribution < -0.4 is 5.32 Å². The number of hydrogen-bond acceptors (Lipinski definition) is 2. The van der Waals surface area contributed by atoms with E-state index >= 15 is 0 Å². The van der Waals surface area contributed by atoms with Gasteiger partial charge >= 0.3 is 12.0 Å². The van der Waals surface area contributed by atoms with Gasteiger partial charge in [-0.1, -0.05) is 0 Å². The van der Waals surface area contributed by atoms with Gasteiger partial charge in [-0.15, -0.1) is 0 Å². The minimum absolute atomic E-state index is 0.0636. The first-order chi connectivity index (χ1) is 9.10. The highest BCUT2D eigenvalue weighted by Crippen LogP contribution is 2.67. The molecule has 4 aliphatic carbocycles. The molecule has 19 heavy (non-hydrogen) atoms. The van der Waals surface area contributed by atoms with Crippen molar-refractivity contribution < 1.29 is 14.7 Å². The first-order valence-corrected chi connectivity index (χ1v) is 7.41. The SMILES string of the molecule is O=C(N[C@@H]1C[C@@]2(C(=O)O)C[C@@H]12)N1C[C@@H]2C[C@H]1[C@H]1C[C@@H]21. The van der Waals surface area contributed by atoms with Gasteiger partial charge in [0, 0.05) is 18.6 Å². The first kappa shape index (κ1) is 10.5. The van der Waals surface area contributed by atoms with Crippen molar-refractivity contribution in [3.05, 3.63) is 0 Å². The Kier molecular flexibility index (Phi) is 1.61. The molecule has 5 heteroatoms. The normalized spacial score (nSPS) is 55.1. The monoisotopic (exact) mass is 262 g/mol. The van der Waals surface area contributed by atoms with Crippen molar-refractivity contribution in [3.8, 4) is 0 Å². The van der Waals surface area contributed by atoms with Crippen LogP contribution in [0.3, 0.4) is 0 Å². The van der Waals surface area contributed by atoms with E-state index in [9.17, 15) is 9.59 Å². The molecule has 2 N–H and O–H groups in total. The Morgan fingerprint density at radius 1 is 1.21 bits per heavy atom. The molecule has 0 aromatic carbocycles. The Bertz CT molecular complexity index is 507. The summed E-state index contributed by atoms with van der Waals surface area (Å²) in [6.07, 6.45) is 3.92. The van der Waals surface area contributed by atoms with Gasteiger partial charge in [0.2, 0.25) is 0 Å². The molecule has 5 nitrogen and oxygen atoms in total. The average molecular weight is 262 g/mol. The quantitative estimate of drug-likeness (QED) is 0.777. The minimum atomic E-state index is -0.677. The summed E-state index contributed by atoms with van der Waals surface area (Å²) in [5, 5.41) is 12.2. The van der Waals surface area contributed by atoms with E-state index in [1.165, 1.54) is 12.8 Å². The van der Waals surface area contributed by atoms with E-state index in [1.54, 1.807) is 0 Å². The van der Waals surface area contributed by atoms with Crippen LogP contribution in [0.4, 0.5) is 4.79 Å². The molecule has 7 atom stereocenters. The number of piperidine rings is 1. The number of carboxylic acids is 1. The van der Waals surface area contributed by atoms with Gasteiger partial charge in [0.05, 0.1) is 5.41 Å². The van der Waals surface area contributed by atoms with Gasteiger partial charge in [0.15, 0.2) is 0 Å². The fourth-order valence-electron chi connectivity index (χ4n) is 5.27. The number of aliphatic carboxylic acids is 1. The number of urea groups is 1. The number of carboxylic acid groups (broad SMARTS) is 1. The summed E-state index contributed by atoms with van der Waals surface area (Å²) in [6.45, 7) is 0.930. The highest BCUT2D eigenvalue weighted by atomic mass is 16.4. The van der Waals surface area contributed by atoms with Crippen LogP contribution in [0.15, 0.2) is 0 Å². The highest BCUT2D eigenvalue weighted by Gasteiger charge is 2.72. The maximum Gasteiger partial charge on any atom is 0.317 e. The molecule has 4 saturated carbocycles. The van der Waals surface area contributed by atoms with E-state index < -0.39 is 11.4 Å². The second-order valence-corrected chi connectivity index (χ2v) is 7.31. The van der Waals surface area contributed by atoms with Crippen LogP contribution in [-0.4, -0.2) is 40.6 Å². The Balaban J connectivity index is 1.23. The van der Waals surface area contributed by atoms with Crippen LogP contribution in [0.1, 0.15) is 25.7 Å². The fourth-order valence-corrected chi connectivity index (χ4v) is 5.27. The molecule has 1 saturated heterocycles. The summed E-state index contributed by atoms with van der Waals surface area (Å²) in [5.41, 5.74) is -0.469. The highest BCUT2D eigenvalue weighted by molar-refractivity contribution is 5.82. The topological polar surface area (TPSA) is 69.6 Å². The van der Waals surface area contributed by atoms with Gasteiger partial charge < -0.3 is 15.3 Å². The zero-order chi connectivity index (χ0) is 12.9. The van der Waals surface area contributed by atoms with Crippen LogP contribution in [0.2, 0.25) is 0 Å². The molecule has 102 valence electrons. The lowest BCUT2D eigenvalue weighted by molar-refractivity contribution is -0.147. The van der Waals surface area contributed by atoms with Crippen molar-refractivity contribution in [2.75, 3.05) is 6.54 Å².